The van der Waals surface area contributed by atoms with Crippen molar-refractivity contribution in [1.29, 1.82) is 0 Å². The fraction of sp³-hybridized carbons (Fsp3) is 0.318. The number of rotatable bonds is 3. The van der Waals surface area contributed by atoms with Crippen LogP contribution in [-0.2, 0) is 6.54 Å². The van der Waals surface area contributed by atoms with E-state index < -0.39 is 0 Å². The molecule has 0 saturated carbocycles. The van der Waals surface area contributed by atoms with Gasteiger partial charge in [-0.2, -0.15) is 0 Å². The Morgan fingerprint density at radius 1 is 1.15 bits per heavy atom. The van der Waals surface area contributed by atoms with E-state index in [0.29, 0.717) is 6.04 Å². The monoisotopic (exact) mass is 472 g/mol. The highest BCUT2D eigenvalue weighted by Gasteiger charge is 2.20. The summed E-state index contributed by atoms with van der Waals surface area (Å²) in [5, 5.41) is 3.44. The smallest absolute Gasteiger partial charge is 0.0646 e. The SMILES string of the molecule is CC1CN(c2ccc(N/C=C3\C=NCc4ccc(I)cc43)cc2)CCN1C. The van der Waals surface area contributed by atoms with Crippen LogP contribution in [0.2, 0.25) is 0 Å². The van der Waals surface area contributed by atoms with Crippen molar-refractivity contribution in [2.75, 3.05) is 36.9 Å². The van der Waals surface area contributed by atoms with E-state index in [1.54, 1.807) is 0 Å². The number of halogens is 1. The zero-order valence-corrected chi connectivity index (χ0v) is 18.0. The van der Waals surface area contributed by atoms with Crippen LogP contribution in [0.5, 0.6) is 0 Å². The number of benzene rings is 2. The van der Waals surface area contributed by atoms with Gasteiger partial charge in [-0.1, -0.05) is 6.07 Å². The molecule has 1 atom stereocenters. The molecule has 0 aromatic heterocycles. The lowest BCUT2D eigenvalue weighted by atomic mass is 9.99. The molecular weight excluding hydrogens is 447 g/mol. The first-order chi connectivity index (χ1) is 13.1. The van der Waals surface area contributed by atoms with Gasteiger partial charge in [-0.15, -0.1) is 0 Å². The third kappa shape index (κ3) is 4.19. The first kappa shape index (κ1) is 18.5. The summed E-state index contributed by atoms with van der Waals surface area (Å²) in [6.45, 7) is 6.34. The maximum Gasteiger partial charge on any atom is 0.0646 e. The molecule has 1 N–H and O–H groups in total. The van der Waals surface area contributed by atoms with Crippen LogP contribution >= 0.6 is 22.6 Å². The number of hydrogen-bond acceptors (Lipinski definition) is 4. The topological polar surface area (TPSA) is 30.9 Å². The summed E-state index contributed by atoms with van der Waals surface area (Å²) in [6.07, 6.45) is 4.02. The van der Waals surface area contributed by atoms with Gasteiger partial charge in [0, 0.05) is 58.6 Å². The lowest BCUT2D eigenvalue weighted by Gasteiger charge is -2.39. The molecule has 0 amide bonds. The van der Waals surface area contributed by atoms with Crippen LogP contribution in [0.1, 0.15) is 18.1 Å². The second-order valence-corrected chi connectivity index (χ2v) is 8.58. The minimum Gasteiger partial charge on any atom is -0.369 e. The molecule has 0 aliphatic carbocycles. The number of fused-ring (bicyclic) bond motifs is 1. The lowest BCUT2D eigenvalue weighted by molar-refractivity contribution is 0.234. The zero-order valence-electron chi connectivity index (χ0n) is 15.8. The largest absolute Gasteiger partial charge is 0.369 e. The second kappa shape index (κ2) is 8.02. The molecule has 0 spiro atoms. The maximum absolute atomic E-state index is 4.48. The Morgan fingerprint density at radius 2 is 1.96 bits per heavy atom. The first-order valence-electron chi connectivity index (χ1n) is 9.41. The summed E-state index contributed by atoms with van der Waals surface area (Å²) in [5.74, 6) is 0. The van der Waals surface area contributed by atoms with Crippen LogP contribution in [0.15, 0.2) is 53.7 Å². The molecule has 1 unspecified atom stereocenters. The normalized spacial score (nSPS) is 21.4. The molecule has 5 heteroatoms. The highest BCUT2D eigenvalue weighted by molar-refractivity contribution is 14.1. The first-order valence-corrected chi connectivity index (χ1v) is 10.5. The third-order valence-electron chi connectivity index (χ3n) is 5.46. The standard InChI is InChI=1S/C22H25IN4/c1-16-15-27(10-9-26(16)2)21-7-5-20(6-8-21)25-14-18-13-24-12-17-3-4-19(23)11-22(17)18/h3-8,11,13-14,16,25H,9-10,12,15H2,1-2H3/b18-14+. The molecule has 1 saturated heterocycles. The quantitative estimate of drug-likeness (QED) is 0.669. The predicted octanol–water partition coefficient (Wildman–Crippen LogP) is 4.47. The Balaban J connectivity index is 1.47. The molecular formula is C22H25IN4. The Morgan fingerprint density at radius 3 is 2.74 bits per heavy atom. The highest BCUT2D eigenvalue weighted by atomic mass is 127. The van der Waals surface area contributed by atoms with Gasteiger partial charge in [0.2, 0.25) is 0 Å². The van der Waals surface area contributed by atoms with E-state index in [0.717, 1.165) is 37.4 Å². The number of hydrogen-bond donors (Lipinski definition) is 1. The molecule has 2 aromatic carbocycles. The summed E-state index contributed by atoms with van der Waals surface area (Å²) in [7, 11) is 2.20. The highest BCUT2D eigenvalue weighted by Crippen LogP contribution is 2.26. The Labute approximate surface area is 175 Å². The molecule has 0 radical (unpaired) electrons. The number of likely N-dealkylation sites (N-methyl/N-ethyl adjacent to an activating group) is 1. The second-order valence-electron chi connectivity index (χ2n) is 7.34. The average Bonchev–Trinajstić information content (AvgIpc) is 2.69. The van der Waals surface area contributed by atoms with Gasteiger partial charge in [0.1, 0.15) is 0 Å². The van der Waals surface area contributed by atoms with E-state index in [1.165, 1.54) is 20.4 Å². The molecule has 2 aliphatic rings. The predicted molar refractivity (Wildman–Crippen MR) is 124 cm³/mol. The average molecular weight is 472 g/mol. The van der Waals surface area contributed by atoms with E-state index in [2.05, 4.69) is 105 Å². The number of nitrogens with one attached hydrogen (secondary N) is 1. The zero-order chi connectivity index (χ0) is 18.8. The number of aliphatic imine (C=N–C) groups is 1. The summed E-state index contributed by atoms with van der Waals surface area (Å²) in [6, 6.07) is 15.9. The van der Waals surface area contributed by atoms with E-state index in [4.69, 9.17) is 0 Å². The van der Waals surface area contributed by atoms with Crippen LogP contribution in [0.25, 0.3) is 5.57 Å². The van der Waals surface area contributed by atoms with Gasteiger partial charge < -0.3 is 15.1 Å². The molecule has 2 aliphatic heterocycles. The van der Waals surface area contributed by atoms with Crippen LogP contribution in [0.4, 0.5) is 11.4 Å². The van der Waals surface area contributed by atoms with Gasteiger partial charge in [0.15, 0.2) is 0 Å². The molecule has 4 nitrogen and oxygen atoms in total. The summed E-state index contributed by atoms with van der Waals surface area (Å²) >= 11 is 2.36. The fourth-order valence-corrected chi connectivity index (χ4v) is 4.09. The number of nitrogens with zero attached hydrogens (tertiary/aromatic N) is 3. The van der Waals surface area contributed by atoms with Gasteiger partial charge in [-0.25, -0.2) is 0 Å². The van der Waals surface area contributed by atoms with Crippen molar-refractivity contribution in [3.05, 3.63) is 63.4 Å². The van der Waals surface area contributed by atoms with Crippen LogP contribution in [0.3, 0.4) is 0 Å². The molecule has 0 bridgehead atoms. The number of piperazine rings is 1. The van der Waals surface area contributed by atoms with E-state index in [9.17, 15) is 0 Å². The van der Waals surface area contributed by atoms with Crippen molar-refractivity contribution in [2.45, 2.75) is 19.5 Å². The Kier molecular flexibility index (Phi) is 5.50. The van der Waals surface area contributed by atoms with Crippen molar-refractivity contribution >= 4 is 45.8 Å². The molecule has 27 heavy (non-hydrogen) atoms. The Hall–Kier alpha value is -1.86. The van der Waals surface area contributed by atoms with E-state index in [-0.39, 0.29) is 0 Å². The van der Waals surface area contributed by atoms with Crippen LogP contribution < -0.4 is 10.2 Å². The van der Waals surface area contributed by atoms with Crippen molar-refractivity contribution in [3.8, 4) is 0 Å². The van der Waals surface area contributed by atoms with Crippen molar-refractivity contribution in [2.24, 2.45) is 4.99 Å². The minimum absolute atomic E-state index is 0.592. The summed E-state index contributed by atoms with van der Waals surface area (Å²) in [4.78, 5) is 9.38. The third-order valence-corrected chi connectivity index (χ3v) is 6.13. The maximum atomic E-state index is 4.48. The molecule has 140 valence electrons. The fourth-order valence-electron chi connectivity index (χ4n) is 3.59. The molecule has 1 fully saturated rings. The molecule has 4 rings (SSSR count). The van der Waals surface area contributed by atoms with Crippen molar-refractivity contribution < 1.29 is 0 Å². The molecule has 2 heterocycles. The summed E-state index contributed by atoms with van der Waals surface area (Å²) in [5.41, 5.74) is 6.08. The number of anilines is 2. The van der Waals surface area contributed by atoms with Crippen molar-refractivity contribution in [1.82, 2.24) is 4.90 Å². The van der Waals surface area contributed by atoms with Crippen molar-refractivity contribution in [3.63, 3.8) is 0 Å². The Bertz CT molecular complexity index is 872. The lowest BCUT2D eigenvalue weighted by Crippen LogP contribution is -2.50. The molecule has 2 aromatic rings. The van der Waals surface area contributed by atoms with Gasteiger partial charge >= 0.3 is 0 Å². The van der Waals surface area contributed by atoms with E-state index in [1.807, 2.05) is 6.21 Å². The van der Waals surface area contributed by atoms with E-state index >= 15 is 0 Å². The van der Waals surface area contributed by atoms with Gasteiger partial charge in [-0.05, 0) is 84.1 Å². The minimum atomic E-state index is 0.592. The van der Waals surface area contributed by atoms with Crippen LogP contribution in [0, 0.1) is 3.57 Å². The van der Waals surface area contributed by atoms with Crippen LogP contribution in [-0.4, -0.2) is 43.8 Å². The summed E-state index contributed by atoms with van der Waals surface area (Å²) < 4.78 is 1.25. The number of allylic oxidation sites excluding steroid dienone is 1. The van der Waals surface area contributed by atoms with Gasteiger partial charge in [-0.3, -0.25) is 4.99 Å². The van der Waals surface area contributed by atoms with Gasteiger partial charge in [0.25, 0.3) is 0 Å². The van der Waals surface area contributed by atoms with Gasteiger partial charge in [0.05, 0.1) is 6.54 Å².